The Bertz CT molecular complexity index is 440. The molecule has 1 amide bonds. The standard InChI is InChI=1S/C8H14N4O3S/c1-6(8-9-5-10-12-8)11-7(13)3-4-16(2,14)15/h5-6H,3-4H2,1-2H3,(H,11,13)(H,9,10,12). The Morgan fingerprint density at radius 2 is 2.31 bits per heavy atom. The Hall–Kier alpha value is -1.44. The van der Waals surface area contributed by atoms with Gasteiger partial charge in [0.1, 0.15) is 22.0 Å². The van der Waals surface area contributed by atoms with Crippen molar-refractivity contribution in [3.8, 4) is 0 Å². The maximum absolute atomic E-state index is 11.4. The maximum Gasteiger partial charge on any atom is 0.221 e. The number of carbonyl (C=O) groups excluding carboxylic acids is 1. The molecule has 1 unspecified atom stereocenters. The molecule has 1 rings (SSSR count). The molecule has 1 aromatic rings. The Morgan fingerprint density at radius 3 is 2.81 bits per heavy atom. The van der Waals surface area contributed by atoms with Gasteiger partial charge < -0.3 is 5.32 Å². The molecule has 0 spiro atoms. The first-order chi connectivity index (χ1) is 7.38. The number of hydrogen-bond donors (Lipinski definition) is 2. The van der Waals surface area contributed by atoms with E-state index in [4.69, 9.17) is 0 Å². The molecule has 0 fully saturated rings. The summed E-state index contributed by atoms with van der Waals surface area (Å²) in [6.07, 6.45) is 2.39. The third-order valence-corrected chi connectivity index (χ3v) is 2.87. The molecule has 8 heteroatoms. The molecule has 0 bridgehead atoms. The molecule has 0 aliphatic rings. The van der Waals surface area contributed by atoms with E-state index in [2.05, 4.69) is 20.5 Å². The molecule has 0 saturated heterocycles. The normalized spacial score (nSPS) is 13.4. The van der Waals surface area contributed by atoms with Crippen molar-refractivity contribution in [2.45, 2.75) is 19.4 Å². The van der Waals surface area contributed by atoms with Crippen molar-refractivity contribution in [3.05, 3.63) is 12.2 Å². The molecule has 0 saturated carbocycles. The smallest absolute Gasteiger partial charge is 0.221 e. The van der Waals surface area contributed by atoms with Gasteiger partial charge in [-0.15, -0.1) is 0 Å². The Morgan fingerprint density at radius 1 is 1.62 bits per heavy atom. The second-order valence-electron chi connectivity index (χ2n) is 3.54. The van der Waals surface area contributed by atoms with Crippen molar-refractivity contribution in [1.29, 1.82) is 0 Å². The molecule has 1 heterocycles. The summed E-state index contributed by atoms with van der Waals surface area (Å²) in [6, 6.07) is -0.311. The van der Waals surface area contributed by atoms with Gasteiger partial charge in [0.05, 0.1) is 11.8 Å². The van der Waals surface area contributed by atoms with Crippen LogP contribution in [0, 0.1) is 0 Å². The monoisotopic (exact) mass is 246 g/mol. The molecular formula is C8H14N4O3S. The lowest BCUT2D eigenvalue weighted by Crippen LogP contribution is -2.28. The Kier molecular flexibility index (Phi) is 3.99. The Balaban J connectivity index is 2.40. The molecular weight excluding hydrogens is 232 g/mol. The summed E-state index contributed by atoms with van der Waals surface area (Å²) in [5.41, 5.74) is 0. The van der Waals surface area contributed by atoms with E-state index in [9.17, 15) is 13.2 Å². The van der Waals surface area contributed by atoms with Gasteiger partial charge in [0.2, 0.25) is 5.91 Å². The van der Waals surface area contributed by atoms with E-state index in [1.165, 1.54) is 6.33 Å². The van der Waals surface area contributed by atoms with E-state index in [1.54, 1.807) is 6.92 Å². The lowest BCUT2D eigenvalue weighted by Gasteiger charge is -2.10. The van der Waals surface area contributed by atoms with Crippen molar-refractivity contribution in [1.82, 2.24) is 20.5 Å². The van der Waals surface area contributed by atoms with Crippen LogP contribution in [0.5, 0.6) is 0 Å². The zero-order chi connectivity index (χ0) is 12.2. The van der Waals surface area contributed by atoms with Crippen LogP contribution in [-0.2, 0) is 14.6 Å². The number of amides is 1. The first kappa shape index (κ1) is 12.6. The number of nitrogens with one attached hydrogen (secondary N) is 2. The van der Waals surface area contributed by atoms with Crippen LogP contribution in [0.25, 0.3) is 0 Å². The lowest BCUT2D eigenvalue weighted by molar-refractivity contribution is -0.121. The summed E-state index contributed by atoms with van der Waals surface area (Å²) in [6.45, 7) is 1.73. The van der Waals surface area contributed by atoms with Crippen LogP contribution in [0.4, 0.5) is 0 Å². The number of nitrogens with zero attached hydrogens (tertiary/aromatic N) is 2. The van der Waals surface area contributed by atoms with E-state index in [0.717, 1.165) is 6.26 Å². The molecule has 7 nitrogen and oxygen atoms in total. The van der Waals surface area contributed by atoms with Crippen molar-refractivity contribution in [3.63, 3.8) is 0 Å². The highest BCUT2D eigenvalue weighted by Gasteiger charge is 2.13. The molecule has 0 aliphatic carbocycles. The number of aromatic amines is 1. The molecule has 1 aromatic heterocycles. The van der Waals surface area contributed by atoms with Crippen molar-refractivity contribution < 1.29 is 13.2 Å². The highest BCUT2D eigenvalue weighted by molar-refractivity contribution is 7.90. The first-order valence-electron chi connectivity index (χ1n) is 4.71. The van der Waals surface area contributed by atoms with E-state index in [1.807, 2.05) is 0 Å². The van der Waals surface area contributed by atoms with Crippen LogP contribution < -0.4 is 5.32 Å². The van der Waals surface area contributed by atoms with Crippen LogP contribution in [0.3, 0.4) is 0 Å². The van der Waals surface area contributed by atoms with Crippen molar-refractivity contribution >= 4 is 15.7 Å². The largest absolute Gasteiger partial charge is 0.346 e. The topological polar surface area (TPSA) is 105 Å². The molecule has 0 radical (unpaired) electrons. The molecule has 90 valence electrons. The van der Waals surface area contributed by atoms with Crippen LogP contribution >= 0.6 is 0 Å². The minimum absolute atomic E-state index is 0.0443. The quantitative estimate of drug-likeness (QED) is 0.723. The Labute approximate surface area is 93.6 Å². The number of sulfone groups is 1. The fourth-order valence-electron chi connectivity index (χ4n) is 1.08. The number of H-pyrrole nitrogens is 1. The molecule has 1 atom stereocenters. The summed E-state index contributed by atoms with van der Waals surface area (Å²) in [7, 11) is -3.11. The van der Waals surface area contributed by atoms with Gasteiger partial charge in [0.25, 0.3) is 0 Å². The van der Waals surface area contributed by atoms with Crippen LogP contribution in [-0.4, -0.2) is 41.5 Å². The van der Waals surface area contributed by atoms with Gasteiger partial charge >= 0.3 is 0 Å². The van der Waals surface area contributed by atoms with Gasteiger partial charge in [-0.2, -0.15) is 5.10 Å². The second kappa shape index (κ2) is 5.06. The molecule has 2 N–H and O–H groups in total. The van der Waals surface area contributed by atoms with Gasteiger partial charge in [-0.1, -0.05) is 0 Å². The van der Waals surface area contributed by atoms with Crippen molar-refractivity contribution in [2.24, 2.45) is 0 Å². The number of carbonyl (C=O) groups is 1. The summed E-state index contributed by atoms with van der Waals surface area (Å²) in [5.74, 6) is 0.0594. The highest BCUT2D eigenvalue weighted by atomic mass is 32.2. The highest BCUT2D eigenvalue weighted by Crippen LogP contribution is 2.04. The van der Waals surface area contributed by atoms with Crippen LogP contribution in [0.15, 0.2) is 6.33 Å². The van der Waals surface area contributed by atoms with E-state index in [0.29, 0.717) is 5.82 Å². The van der Waals surface area contributed by atoms with Gasteiger partial charge in [-0.25, -0.2) is 13.4 Å². The predicted molar refractivity (Wildman–Crippen MR) is 57.3 cm³/mol. The number of rotatable bonds is 5. The van der Waals surface area contributed by atoms with Gasteiger partial charge in [0.15, 0.2) is 0 Å². The van der Waals surface area contributed by atoms with Crippen molar-refractivity contribution in [2.75, 3.05) is 12.0 Å². The summed E-state index contributed by atoms with van der Waals surface area (Å²) in [4.78, 5) is 15.2. The molecule has 0 aromatic carbocycles. The van der Waals surface area contributed by atoms with Crippen LogP contribution in [0.2, 0.25) is 0 Å². The second-order valence-corrected chi connectivity index (χ2v) is 5.80. The van der Waals surface area contributed by atoms with Gasteiger partial charge in [0, 0.05) is 12.7 Å². The maximum atomic E-state index is 11.4. The fourth-order valence-corrected chi connectivity index (χ4v) is 1.64. The average Bonchev–Trinajstić information content (AvgIpc) is 2.66. The van der Waals surface area contributed by atoms with Gasteiger partial charge in [-0.05, 0) is 6.92 Å². The third-order valence-electron chi connectivity index (χ3n) is 1.92. The summed E-state index contributed by atoms with van der Waals surface area (Å²) >= 11 is 0. The van der Waals surface area contributed by atoms with E-state index >= 15 is 0 Å². The average molecular weight is 246 g/mol. The number of aromatic nitrogens is 3. The minimum Gasteiger partial charge on any atom is -0.346 e. The molecule has 0 aliphatic heterocycles. The summed E-state index contributed by atoms with van der Waals surface area (Å²) < 4.78 is 21.7. The van der Waals surface area contributed by atoms with Crippen LogP contribution in [0.1, 0.15) is 25.2 Å². The van der Waals surface area contributed by atoms with Gasteiger partial charge in [-0.3, -0.25) is 9.89 Å². The zero-order valence-electron chi connectivity index (χ0n) is 9.10. The molecule has 16 heavy (non-hydrogen) atoms. The third kappa shape index (κ3) is 4.39. The fraction of sp³-hybridized carbons (Fsp3) is 0.625. The first-order valence-corrected chi connectivity index (χ1v) is 6.77. The minimum atomic E-state index is -3.11. The lowest BCUT2D eigenvalue weighted by atomic mass is 10.3. The number of hydrogen-bond acceptors (Lipinski definition) is 5. The summed E-state index contributed by atoms with van der Waals surface area (Å²) in [5, 5.41) is 8.89. The van der Waals surface area contributed by atoms with E-state index in [-0.39, 0.29) is 24.1 Å². The predicted octanol–water partition coefficient (Wildman–Crippen LogP) is -0.583. The zero-order valence-corrected chi connectivity index (χ0v) is 9.91. The van der Waals surface area contributed by atoms with E-state index < -0.39 is 9.84 Å². The SMILES string of the molecule is CC(NC(=O)CCS(C)(=O)=O)c1ncn[nH]1.